The number of anilines is 1. The van der Waals surface area contributed by atoms with E-state index in [4.69, 9.17) is 5.21 Å². The molecule has 1 heterocycles. The van der Waals surface area contributed by atoms with Crippen LogP contribution in [0.3, 0.4) is 0 Å². The van der Waals surface area contributed by atoms with Crippen molar-refractivity contribution < 1.29 is 10.0 Å². The van der Waals surface area contributed by atoms with Crippen molar-refractivity contribution in [3.63, 3.8) is 0 Å². The number of nitrogens with zero attached hydrogens (tertiary/aromatic N) is 2. The average Bonchev–Trinajstić information content (AvgIpc) is 3.24. The molecule has 100 valence electrons. The molecule has 1 aromatic carbocycles. The maximum absolute atomic E-state index is 12.4. The van der Waals surface area contributed by atoms with Crippen LogP contribution in [0.5, 0.6) is 0 Å². The molecule has 0 unspecified atom stereocenters. The third-order valence-electron chi connectivity index (χ3n) is 3.88. The number of amides is 1. The lowest BCUT2D eigenvalue weighted by atomic mass is 10.1. The smallest absolute Gasteiger partial charge is 0.227 e. The van der Waals surface area contributed by atoms with Gasteiger partial charge in [-0.25, -0.2) is 0 Å². The van der Waals surface area contributed by atoms with E-state index >= 15 is 0 Å². The number of carbonyl (C=O) groups excluding carboxylic acids is 1. The Balaban J connectivity index is 1.93. The van der Waals surface area contributed by atoms with Crippen LogP contribution in [-0.2, 0) is 4.79 Å². The number of rotatable bonds is 2. The lowest BCUT2D eigenvalue weighted by Crippen LogP contribution is -2.31. The highest BCUT2D eigenvalue weighted by atomic mass is 16.4. The van der Waals surface area contributed by atoms with E-state index in [1.54, 1.807) is 0 Å². The first-order valence-electron chi connectivity index (χ1n) is 6.90. The number of oxime groups is 1. The van der Waals surface area contributed by atoms with Crippen molar-refractivity contribution in [1.29, 1.82) is 0 Å². The zero-order valence-corrected chi connectivity index (χ0v) is 10.9. The van der Waals surface area contributed by atoms with Gasteiger partial charge in [0.15, 0.2) is 0 Å². The minimum absolute atomic E-state index is 0.203. The van der Waals surface area contributed by atoms with Crippen LogP contribution in [0.4, 0.5) is 5.69 Å². The van der Waals surface area contributed by atoms with Gasteiger partial charge >= 0.3 is 0 Å². The number of hydrogen-bond donors (Lipinski definition) is 1. The van der Waals surface area contributed by atoms with Crippen LogP contribution in [0.15, 0.2) is 29.4 Å². The maximum Gasteiger partial charge on any atom is 0.227 e. The number of fused-ring (bicyclic) bond motifs is 1. The molecule has 3 rings (SSSR count). The third-order valence-corrected chi connectivity index (χ3v) is 3.88. The molecule has 1 aromatic rings. The highest BCUT2D eigenvalue weighted by Crippen LogP contribution is 2.35. The van der Waals surface area contributed by atoms with Gasteiger partial charge in [-0.3, -0.25) is 4.79 Å². The monoisotopic (exact) mass is 258 g/mol. The van der Waals surface area contributed by atoms with E-state index in [2.05, 4.69) is 5.16 Å². The summed E-state index contributed by atoms with van der Waals surface area (Å²) in [5.74, 6) is 0.794. The normalized spacial score (nSPS) is 21.1. The fourth-order valence-electron chi connectivity index (χ4n) is 2.65. The second kappa shape index (κ2) is 5.03. The van der Waals surface area contributed by atoms with Crippen molar-refractivity contribution in [2.24, 2.45) is 11.1 Å². The molecule has 1 aliphatic heterocycles. The Labute approximate surface area is 112 Å². The van der Waals surface area contributed by atoms with E-state index in [0.717, 1.165) is 17.7 Å². The predicted octanol–water partition coefficient (Wildman–Crippen LogP) is 2.79. The number of carbonyl (C=O) groups is 1. The Kier molecular flexibility index (Phi) is 3.23. The van der Waals surface area contributed by atoms with Crippen molar-refractivity contribution in [3.8, 4) is 0 Å². The summed E-state index contributed by atoms with van der Waals surface area (Å²) < 4.78 is 0. The van der Waals surface area contributed by atoms with Crippen LogP contribution in [0, 0.1) is 5.92 Å². The Morgan fingerprint density at radius 1 is 1.37 bits per heavy atom. The van der Waals surface area contributed by atoms with E-state index < -0.39 is 0 Å². The van der Waals surface area contributed by atoms with E-state index in [9.17, 15) is 4.79 Å². The molecular formula is C15H18N2O2. The Bertz CT molecular complexity index is 521. The third kappa shape index (κ3) is 2.48. The van der Waals surface area contributed by atoms with Crippen LogP contribution in [0.1, 0.15) is 37.7 Å². The van der Waals surface area contributed by atoms with E-state index in [1.807, 2.05) is 29.2 Å². The average molecular weight is 258 g/mol. The van der Waals surface area contributed by atoms with Gasteiger partial charge in [-0.15, -0.1) is 0 Å². The minimum atomic E-state index is 0.203. The van der Waals surface area contributed by atoms with E-state index in [0.29, 0.717) is 31.0 Å². The fraction of sp³-hybridized carbons (Fsp3) is 0.467. The molecule has 1 fully saturated rings. The van der Waals surface area contributed by atoms with Crippen LogP contribution in [0.2, 0.25) is 0 Å². The molecule has 1 amide bonds. The predicted molar refractivity (Wildman–Crippen MR) is 73.7 cm³/mol. The lowest BCUT2D eigenvalue weighted by molar-refractivity contribution is -0.118. The molecule has 1 saturated carbocycles. The molecule has 0 aromatic heterocycles. The molecular weight excluding hydrogens is 240 g/mol. The molecule has 4 heteroatoms. The fourth-order valence-corrected chi connectivity index (χ4v) is 2.65. The topological polar surface area (TPSA) is 52.9 Å². The summed E-state index contributed by atoms with van der Waals surface area (Å²) in [7, 11) is 0. The first kappa shape index (κ1) is 12.2. The van der Waals surface area contributed by atoms with Gasteiger partial charge in [-0.1, -0.05) is 23.4 Å². The largest absolute Gasteiger partial charge is 0.411 e. The molecule has 4 nitrogen and oxygen atoms in total. The van der Waals surface area contributed by atoms with E-state index in [1.165, 1.54) is 12.8 Å². The highest BCUT2D eigenvalue weighted by Gasteiger charge is 2.29. The zero-order valence-electron chi connectivity index (χ0n) is 10.9. The quantitative estimate of drug-likeness (QED) is 0.655. The van der Waals surface area contributed by atoms with Gasteiger partial charge in [0.05, 0.1) is 11.4 Å². The first-order valence-corrected chi connectivity index (χ1v) is 6.90. The highest BCUT2D eigenvalue weighted by molar-refractivity contribution is 6.09. The Hall–Kier alpha value is -1.84. The molecule has 0 bridgehead atoms. The summed E-state index contributed by atoms with van der Waals surface area (Å²) in [4.78, 5) is 14.2. The summed E-state index contributed by atoms with van der Waals surface area (Å²) >= 11 is 0. The lowest BCUT2D eigenvalue weighted by Gasteiger charge is -2.22. The zero-order chi connectivity index (χ0) is 13.2. The molecule has 0 atom stereocenters. The summed E-state index contributed by atoms with van der Waals surface area (Å²) in [5, 5.41) is 12.5. The van der Waals surface area contributed by atoms with Gasteiger partial charge in [0.1, 0.15) is 0 Å². The van der Waals surface area contributed by atoms with Crippen molar-refractivity contribution in [1.82, 2.24) is 0 Å². The summed E-state index contributed by atoms with van der Waals surface area (Å²) in [5.41, 5.74) is 2.45. The molecule has 2 aliphatic rings. The Morgan fingerprint density at radius 2 is 2.16 bits per heavy atom. The molecule has 1 aliphatic carbocycles. The molecule has 0 radical (unpaired) electrons. The van der Waals surface area contributed by atoms with Crippen LogP contribution in [-0.4, -0.2) is 23.4 Å². The summed E-state index contributed by atoms with van der Waals surface area (Å²) in [6, 6.07) is 7.71. The van der Waals surface area contributed by atoms with Crippen molar-refractivity contribution in [2.75, 3.05) is 11.4 Å². The molecule has 1 N–H and O–H groups in total. The van der Waals surface area contributed by atoms with Crippen molar-refractivity contribution in [2.45, 2.75) is 32.1 Å². The number of benzene rings is 1. The maximum atomic E-state index is 12.4. The first-order chi connectivity index (χ1) is 9.29. The second-order valence-corrected chi connectivity index (χ2v) is 5.36. The minimum Gasteiger partial charge on any atom is -0.411 e. The van der Waals surface area contributed by atoms with Crippen molar-refractivity contribution in [3.05, 3.63) is 29.8 Å². The van der Waals surface area contributed by atoms with Gasteiger partial charge < -0.3 is 10.1 Å². The Morgan fingerprint density at radius 3 is 2.89 bits per heavy atom. The van der Waals surface area contributed by atoms with Gasteiger partial charge in [0.25, 0.3) is 0 Å². The van der Waals surface area contributed by atoms with Gasteiger partial charge in [0.2, 0.25) is 5.91 Å². The van der Waals surface area contributed by atoms with Gasteiger partial charge in [0, 0.05) is 18.5 Å². The summed E-state index contributed by atoms with van der Waals surface area (Å²) in [6.45, 7) is 0.710. The van der Waals surface area contributed by atoms with E-state index in [-0.39, 0.29) is 5.91 Å². The van der Waals surface area contributed by atoms with Crippen molar-refractivity contribution >= 4 is 17.3 Å². The standard InChI is InChI=1S/C15H18N2O2/c18-15(10-11-7-8-11)17-9-3-5-13(16-19)12-4-1-2-6-14(12)17/h1-2,4,6,11,19H,3,5,7-10H2/b16-13-. The molecule has 0 spiro atoms. The van der Waals surface area contributed by atoms with Crippen LogP contribution < -0.4 is 4.90 Å². The SMILES string of the molecule is O=C(CC1CC1)N1CCC/C(=N/O)c2ccccc21. The van der Waals surface area contributed by atoms with Gasteiger partial charge in [-0.05, 0) is 37.7 Å². The van der Waals surface area contributed by atoms with Gasteiger partial charge in [-0.2, -0.15) is 0 Å². The molecule has 0 saturated heterocycles. The van der Waals surface area contributed by atoms with Crippen LogP contribution in [0.25, 0.3) is 0 Å². The number of para-hydroxylation sites is 1. The summed E-state index contributed by atoms with van der Waals surface area (Å²) in [6.07, 6.45) is 4.57. The molecule has 19 heavy (non-hydrogen) atoms. The van der Waals surface area contributed by atoms with Crippen LogP contribution >= 0.6 is 0 Å². The second-order valence-electron chi connectivity index (χ2n) is 5.36. The number of hydrogen-bond acceptors (Lipinski definition) is 3.